The van der Waals surface area contributed by atoms with Gasteiger partial charge in [-0.25, -0.2) is 4.39 Å². The molecule has 1 aromatic carbocycles. The predicted molar refractivity (Wildman–Crippen MR) is 60.2 cm³/mol. The maximum absolute atomic E-state index is 13.1. The molecule has 88 valence electrons. The number of hydrogen-bond acceptors (Lipinski definition) is 2. The molecule has 0 N–H and O–H groups in total. The monoisotopic (exact) mass is 245 g/mol. The first-order valence-corrected chi connectivity index (χ1v) is 5.12. The average Bonchev–Trinajstić information content (AvgIpc) is 2.22. The predicted octanol–water partition coefficient (Wildman–Crippen LogP) is 2.33. The van der Waals surface area contributed by atoms with Crippen molar-refractivity contribution in [3.63, 3.8) is 0 Å². The fraction of sp³-hybridized carbons (Fsp3) is 0.364. The molecule has 0 aliphatic heterocycles. The molecule has 0 fully saturated rings. The summed E-state index contributed by atoms with van der Waals surface area (Å²) in [5, 5.41) is 0.0268. The van der Waals surface area contributed by atoms with Gasteiger partial charge in [0.05, 0.1) is 5.02 Å². The van der Waals surface area contributed by atoms with E-state index in [1.54, 1.807) is 21.0 Å². The van der Waals surface area contributed by atoms with Gasteiger partial charge in [-0.1, -0.05) is 11.6 Å². The number of likely N-dealkylation sites (N-methyl/N-ethyl adjacent to an activating group) is 1. The quantitative estimate of drug-likeness (QED) is 0.818. The maximum atomic E-state index is 13.1. The molecule has 0 heterocycles. The molecule has 1 rings (SSSR count). The van der Waals surface area contributed by atoms with Crippen LogP contribution in [-0.4, -0.2) is 31.0 Å². The van der Waals surface area contributed by atoms with Crippen LogP contribution in [0.15, 0.2) is 18.2 Å². The Kier molecular flexibility index (Phi) is 4.12. The molecule has 0 spiro atoms. The fourth-order valence-electron chi connectivity index (χ4n) is 1.17. The minimum Gasteiger partial charge on any atom is -0.481 e. The Morgan fingerprint density at radius 2 is 2.12 bits per heavy atom. The van der Waals surface area contributed by atoms with Gasteiger partial charge in [0.15, 0.2) is 6.10 Å². The normalized spacial score (nSPS) is 12.1. The summed E-state index contributed by atoms with van der Waals surface area (Å²) in [5.41, 5.74) is 0. The number of benzene rings is 1. The third-order valence-electron chi connectivity index (χ3n) is 1.99. The highest BCUT2D eigenvalue weighted by atomic mass is 35.5. The lowest BCUT2D eigenvalue weighted by Gasteiger charge is -2.18. The lowest BCUT2D eigenvalue weighted by Crippen LogP contribution is -2.35. The maximum Gasteiger partial charge on any atom is 0.262 e. The smallest absolute Gasteiger partial charge is 0.262 e. The van der Waals surface area contributed by atoms with E-state index in [0.717, 1.165) is 6.07 Å². The van der Waals surface area contributed by atoms with Crippen LogP contribution in [-0.2, 0) is 4.79 Å². The summed E-state index contributed by atoms with van der Waals surface area (Å²) in [5.74, 6) is -0.469. The minimum atomic E-state index is -0.657. The molecule has 0 aliphatic rings. The average molecular weight is 246 g/mol. The van der Waals surface area contributed by atoms with Crippen LogP contribution >= 0.6 is 11.6 Å². The van der Waals surface area contributed by atoms with Gasteiger partial charge in [0.2, 0.25) is 0 Å². The molecule has 16 heavy (non-hydrogen) atoms. The number of rotatable bonds is 3. The first-order valence-electron chi connectivity index (χ1n) is 4.74. The molecule has 0 saturated carbocycles. The summed E-state index contributed by atoms with van der Waals surface area (Å²) in [6.07, 6.45) is -0.657. The highest BCUT2D eigenvalue weighted by Gasteiger charge is 2.16. The molecule has 1 atom stereocenters. The SMILES string of the molecule is CC(Oc1ccc(Cl)c(F)c1)C(=O)N(C)C. The van der Waals surface area contributed by atoms with E-state index in [4.69, 9.17) is 16.3 Å². The van der Waals surface area contributed by atoms with E-state index in [-0.39, 0.29) is 16.7 Å². The van der Waals surface area contributed by atoms with Crippen LogP contribution < -0.4 is 4.74 Å². The number of amides is 1. The number of carbonyl (C=O) groups is 1. The van der Waals surface area contributed by atoms with Gasteiger partial charge in [0.25, 0.3) is 5.91 Å². The standard InChI is InChI=1S/C11H13ClFNO2/c1-7(11(15)14(2)3)16-8-4-5-9(12)10(13)6-8/h4-7H,1-3H3. The van der Waals surface area contributed by atoms with E-state index in [9.17, 15) is 9.18 Å². The number of hydrogen-bond donors (Lipinski definition) is 0. The van der Waals surface area contributed by atoms with Crippen LogP contribution in [0.4, 0.5) is 4.39 Å². The van der Waals surface area contributed by atoms with Crippen LogP contribution in [0.3, 0.4) is 0 Å². The Hall–Kier alpha value is -1.29. The molecular weight excluding hydrogens is 233 g/mol. The van der Waals surface area contributed by atoms with Crippen molar-refractivity contribution in [1.29, 1.82) is 0 Å². The van der Waals surface area contributed by atoms with Crippen molar-refractivity contribution < 1.29 is 13.9 Å². The van der Waals surface area contributed by atoms with E-state index in [1.165, 1.54) is 17.0 Å². The van der Waals surface area contributed by atoms with Gasteiger partial charge in [-0.2, -0.15) is 0 Å². The second-order valence-electron chi connectivity index (χ2n) is 3.57. The number of nitrogens with zero attached hydrogens (tertiary/aromatic N) is 1. The summed E-state index contributed by atoms with van der Waals surface area (Å²) in [4.78, 5) is 12.9. The molecule has 3 nitrogen and oxygen atoms in total. The van der Waals surface area contributed by atoms with E-state index < -0.39 is 11.9 Å². The molecule has 0 radical (unpaired) electrons. The van der Waals surface area contributed by atoms with Crippen molar-refractivity contribution in [2.24, 2.45) is 0 Å². The zero-order valence-electron chi connectivity index (χ0n) is 9.33. The lowest BCUT2D eigenvalue weighted by atomic mass is 10.3. The van der Waals surface area contributed by atoms with E-state index in [0.29, 0.717) is 0 Å². The molecule has 5 heteroatoms. The van der Waals surface area contributed by atoms with Crippen LogP contribution in [0.5, 0.6) is 5.75 Å². The zero-order valence-corrected chi connectivity index (χ0v) is 10.1. The number of carbonyl (C=O) groups excluding carboxylic acids is 1. The van der Waals surface area contributed by atoms with Gasteiger partial charge in [-0.05, 0) is 19.1 Å². The van der Waals surface area contributed by atoms with Gasteiger partial charge < -0.3 is 9.64 Å². The van der Waals surface area contributed by atoms with Gasteiger partial charge in [-0.3, -0.25) is 4.79 Å². The van der Waals surface area contributed by atoms with E-state index in [1.807, 2.05) is 0 Å². The van der Waals surface area contributed by atoms with Crippen molar-refractivity contribution in [2.75, 3.05) is 14.1 Å². The van der Waals surface area contributed by atoms with E-state index >= 15 is 0 Å². The van der Waals surface area contributed by atoms with Crippen LogP contribution in [0, 0.1) is 5.82 Å². The second kappa shape index (κ2) is 5.16. The first-order chi connectivity index (χ1) is 7.41. The van der Waals surface area contributed by atoms with Crippen LogP contribution in [0.25, 0.3) is 0 Å². The van der Waals surface area contributed by atoms with Gasteiger partial charge in [-0.15, -0.1) is 0 Å². The van der Waals surface area contributed by atoms with Crippen LogP contribution in [0.2, 0.25) is 5.02 Å². The molecule has 1 unspecified atom stereocenters. The molecule has 0 aliphatic carbocycles. The van der Waals surface area contributed by atoms with Gasteiger partial charge >= 0.3 is 0 Å². The Balaban J connectivity index is 2.73. The Bertz CT molecular complexity index is 396. The van der Waals surface area contributed by atoms with Crippen molar-refractivity contribution in [3.05, 3.63) is 29.0 Å². The highest BCUT2D eigenvalue weighted by molar-refractivity contribution is 6.30. The molecule has 1 aromatic rings. The fourth-order valence-corrected chi connectivity index (χ4v) is 1.29. The van der Waals surface area contributed by atoms with Crippen molar-refractivity contribution >= 4 is 17.5 Å². The third kappa shape index (κ3) is 3.10. The Morgan fingerprint density at radius 1 is 1.50 bits per heavy atom. The van der Waals surface area contributed by atoms with Crippen molar-refractivity contribution in [3.8, 4) is 5.75 Å². The van der Waals surface area contributed by atoms with Crippen molar-refractivity contribution in [2.45, 2.75) is 13.0 Å². The minimum absolute atomic E-state index is 0.0268. The Morgan fingerprint density at radius 3 is 2.62 bits per heavy atom. The molecule has 0 saturated heterocycles. The number of ether oxygens (including phenoxy) is 1. The van der Waals surface area contributed by atoms with E-state index in [2.05, 4.69) is 0 Å². The molecule has 0 bridgehead atoms. The summed E-state index contributed by atoms with van der Waals surface area (Å²) in [6, 6.07) is 4.06. The van der Waals surface area contributed by atoms with Gasteiger partial charge in [0.1, 0.15) is 11.6 Å². The largest absolute Gasteiger partial charge is 0.481 e. The molecular formula is C11H13ClFNO2. The van der Waals surface area contributed by atoms with Crippen molar-refractivity contribution in [1.82, 2.24) is 4.90 Å². The Labute approximate surface area is 98.8 Å². The third-order valence-corrected chi connectivity index (χ3v) is 2.30. The summed E-state index contributed by atoms with van der Waals surface area (Å²) < 4.78 is 18.4. The topological polar surface area (TPSA) is 29.5 Å². The second-order valence-corrected chi connectivity index (χ2v) is 3.98. The summed E-state index contributed by atoms with van der Waals surface area (Å²) >= 11 is 5.52. The van der Waals surface area contributed by atoms with Crippen LogP contribution in [0.1, 0.15) is 6.92 Å². The zero-order chi connectivity index (χ0) is 12.3. The summed E-state index contributed by atoms with van der Waals surface area (Å²) in [6.45, 7) is 1.61. The van der Waals surface area contributed by atoms with Gasteiger partial charge in [0, 0.05) is 20.2 Å². The number of halogens is 2. The molecule has 0 aromatic heterocycles. The highest BCUT2D eigenvalue weighted by Crippen LogP contribution is 2.21. The summed E-state index contributed by atoms with van der Waals surface area (Å²) in [7, 11) is 3.26. The lowest BCUT2D eigenvalue weighted by molar-refractivity contribution is -0.135. The first kappa shape index (κ1) is 12.8. The molecule has 1 amide bonds.